The third kappa shape index (κ3) is 1.50. The zero-order chi connectivity index (χ0) is 9.26. The predicted molar refractivity (Wildman–Crippen MR) is 51.2 cm³/mol. The molecule has 0 radical (unpaired) electrons. The van der Waals surface area contributed by atoms with E-state index in [4.69, 9.17) is 9.52 Å². The van der Waals surface area contributed by atoms with E-state index >= 15 is 0 Å². The van der Waals surface area contributed by atoms with Crippen molar-refractivity contribution < 1.29 is 9.52 Å². The molecule has 1 aromatic carbocycles. The van der Waals surface area contributed by atoms with Crippen LogP contribution in [0.5, 0.6) is 0 Å². The van der Waals surface area contributed by atoms with E-state index in [-0.39, 0.29) is 11.5 Å². The summed E-state index contributed by atoms with van der Waals surface area (Å²) >= 11 is 1.09. The Kier molecular flexibility index (Phi) is 2.16. The van der Waals surface area contributed by atoms with Crippen molar-refractivity contribution in [1.82, 2.24) is 0 Å². The van der Waals surface area contributed by atoms with E-state index in [1.54, 1.807) is 0 Å². The summed E-state index contributed by atoms with van der Waals surface area (Å²) in [6.07, 6.45) is 0.525. The number of aliphatic hydroxyl groups is 1. The minimum Gasteiger partial charge on any atom is -0.414 e. The second-order valence-corrected chi connectivity index (χ2v) is 3.65. The molecule has 0 saturated heterocycles. The van der Waals surface area contributed by atoms with Crippen molar-refractivity contribution in [3.63, 3.8) is 0 Å². The molecule has 3 nitrogen and oxygen atoms in total. The van der Waals surface area contributed by atoms with Crippen LogP contribution in [0.15, 0.2) is 27.4 Å². The molecule has 4 heteroatoms. The zero-order valence-corrected chi connectivity index (χ0v) is 7.63. The molecule has 68 valence electrons. The molecule has 1 N–H and O–H groups in total. The van der Waals surface area contributed by atoms with Crippen LogP contribution in [0.25, 0.3) is 10.3 Å². The highest BCUT2D eigenvalue weighted by Gasteiger charge is 2.05. The Hall–Kier alpha value is -1.13. The van der Waals surface area contributed by atoms with Crippen molar-refractivity contribution in [3.05, 3.63) is 33.5 Å². The molecule has 0 aliphatic carbocycles. The van der Waals surface area contributed by atoms with Gasteiger partial charge >= 0.3 is 4.94 Å². The maximum atomic E-state index is 10.9. The van der Waals surface area contributed by atoms with Gasteiger partial charge < -0.3 is 9.52 Å². The SMILES string of the molecule is O=c1oc2c(CCO)cccc2s1. The first-order chi connectivity index (χ1) is 6.31. The third-order valence-electron chi connectivity index (χ3n) is 1.82. The lowest BCUT2D eigenvalue weighted by Crippen LogP contribution is -1.90. The zero-order valence-electron chi connectivity index (χ0n) is 6.82. The Morgan fingerprint density at radius 1 is 1.46 bits per heavy atom. The molecule has 13 heavy (non-hydrogen) atoms. The number of hydrogen-bond donors (Lipinski definition) is 1. The molecular weight excluding hydrogens is 188 g/mol. The van der Waals surface area contributed by atoms with E-state index in [1.165, 1.54) is 0 Å². The van der Waals surface area contributed by atoms with Gasteiger partial charge in [0.05, 0.1) is 4.70 Å². The van der Waals surface area contributed by atoms with E-state index in [2.05, 4.69) is 0 Å². The summed E-state index contributed by atoms with van der Waals surface area (Å²) in [7, 11) is 0. The molecule has 1 heterocycles. The number of hydrogen-bond acceptors (Lipinski definition) is 4. The lowest BCUT2D eigenvalue weighted by Gasteiger charge is -1.96. The summed E-state index contributed by atoms with van der Waals surface area (Å²) in [6, 6.07) is 5.55. The Morgan fingerprint density at radius 2 is 2.31 bits per heavy atom. The molecule has 0 bridgehead atoms. The first-order valence-electron chi connectivity index (χ1n) is 3.93. The molecule has 1 aromatic heterocycles. The van der Waals surface area contributed by atoms with Crippen LogP contribution in [0, 0.1) is 0 Å². The van der Waals surface area contributed by atoms with Gasteiger partial charge in [-0.2, -0.15) is 0 Å². The minimum atomic E-state index is -0.291. The summed E-state index contributed by atoms with van der Waals surface area (Å²) in [5, 5.41) is 8.77. The van der Waals surface area contributed by atoms with Crippen LogP contribution in [0.3, 0.4) is 0 Å². The summed E-state index contributed by atoms with van der Waals surface area (Å²) < 4.78 is 5.85. The Morgan fingerprint density at radius 3 is 3.08 bits per heavy atom. The van der Waals surface area contributed by atoms with E-state index in [1.807, 2.05) is 18.2 Å². The van der Waals surface area contributed by atoms with Crippen molar-refractivity contribution in [2.75, 3.05) is 6.61 Å². The third-order valence-corrected chi connectivity index (χ3v) is 2.61. The first kappa shape index (κ1) is 8.47. The Bertz CT molecular complexity index is 469. The molecule has 0 unspecified atom stereocenters. The number of aliphatic hydroxyl groups excluding tert-OH is 1. The number of rotatable bonds is 2. The lowest BCUT2D eigenvalue weighted by molar-refractivity contribution is 0.299. The summed E-state index contributed by atoms with van der Waals surface area (Å²) in [5.41, 5.74) is 1.50. The average molecular weight is 196 g/mol. The number of fused-ring (bicyclic) bond motifs is 1. The van der Waals surface area contributed by atoms with Gasteiger partial charge in [-0.25, -0.2) is 4.79 Å². The quantitative estimate of drug-likeness (QED) is 0.789. The van der Waals surface area contributed by atoms with Gasteiger partial charge in [-0.15, -0.1) is 0 Å². The largest absolute Gasteiger partial charge is 0.414 e. The molecule has 0 saturated carbocycles. The smallest absolute Gasteiger partial charge is 0.396 e. The normalized spacial score (nSPS) is 10.8. The van der Waals surface area contributed by atoms with E-state index in [9.17, 15) is 4.79 Å². The van der Waals surface area contributed by atoms with Crippen LogP contribution in [0.4, 0.5) is 0 Å². The maximum absolute atomic E-state index is 10.9. The van der Waals surface area contributed by atoms with Gasteiger partial charge in [-0.05, 0) is 18.1 Å². The second kappa shape index (κ2) is 3.32. The standard InChI is InChI=1S/C9H8O3S/c10-5-4-6-2-1-3-7-8(6)12-9(11)13-7/h1-3,10H,4-5H2. The van der Waals surface area contributed by atoms with Crippen LogP contribution in [-0.4, -0.2) is 11.7 Å². The van der Waals surface area contributed by atoms with Gasteiger partial charge in [-0.3, -0.25) is 0 Å². The van der Waals surface area contributed by atoms with Crippen molar-refractivity contribution >= 4 is 21.6 Å². The fourth-order valence-corrected chi connectivity index (χ4v) is 1.99. The Balaban J connectivity index is 2.67. The molecule has 0 fully saturated rings. The maximum Gasteiger partial charge on any atom is 0.396 e. The van der Waals surface area contributed by atoms with Crippen molar-refractivity contribution in [2.24, 2.45) is 0 Å². The van der Waals surface area contributed by atoms with Crippen LogP contribution in [0.2, 0.25) is 0 Å². The van der Waals surface area contributed by atoms with Crippen LogP contribution >= 0.6 is 11.3 Å². The van der Waals surface area contributed by atoms with Crippen molar-refractivity contribution in [1.29, 1.82) is 0 Å². The molecule has 0 aliphatic heterocycles. The van der Waals surface area contributed by atoms with Gasteiger partial charge in [0.25, 0.3) is 0 Å². The lowest BCUT2D eigenvalue weighted by atomic mass is 10.1. The monoisotopic (exact) mass is 196 g/mol. The van der Waals surface area contributed by atoms with Gasteiger partial charge in [0.2, 0.25) is 0 Å². The van der Waals surface area contributed by atoms with Crippen LogP contribution in [-0.2, 0) is 6.42 Å². The van der Waals surface area contributed by atoms with Crippen LogP contribution < -0.4 is 4.94 Å². The van der Waals surface area contributed by atoms with Gasteiger partial charge in [-0.1, -0.05) is 23.5 Å². The van der Waals surface area contributed by atoms with Gasteiger partial charge in [0.15, 0.2) is 5.58 Å². The van der Waals surface area contributed by atoms with Crippen molar-refractivity contribution in [2.45, 2.75) is 6.42 Å². The highest BCUT2D eigenvalue weighted by atomic mass is 32.1. The number of para-hydroxylation sites is 1. The van der Waals surface area contributed by atoms with Gasteiger partial charge in [0, 0.05) is 6.61 Å². The molecular formula is C9H8O3S. The number of benzene rings is 1. The summed E-state index contributed by atoms with van der Waals surface area (Å²) in [4.78, 5) is 10.6. The van der Waals surface area contributed by atoms with E-state index < -0.39 is 0 Å². The molecule has 0 amide bonds. The molecule has 2 aromatic rings. The highest BCUT2D eigenvalue weighted by Crippen LogP contribution is 2.20. The minimum absolute atomic E-state index is 0.0681. The highest BCUT2D eigenvalue weighted by molar-refractivity contribution is 7.16. The van der Waals surface area contributed by atoms with Gasteiger partial charge in [0.1, 0.15) is 0 Å². The molecule has 0 spiro atoms. The average Bonchev–Trinajstić information content (AvgIpc) is 2.47. The van der Waals surface area contributed by atoms with E-state index in [0.717, 1.165) is 21.6 Å². The first-order valence-corrected chi connectivity index (χ1v) is 4.75. The topological polar surface area (TPSA) is 50.4 Å². The second-order valence-electron chi connectivity index (χ2n) is 2.67. The summed E-state index contributed by atoms with van der Waals surface area (Å²) in [5.74, 6) is 0. The molecule has 0 aliphatic rings. The molecule has 2 rings (SSSR count). The predicted octanol–water partition coefficient (Wildman–Crippen LogP) is 1.39. The molecule has 0 atom stereocenters. The Labute approximate surface area is 78.2 Å². The summed E-state index contributed by atoms with van der Waals surface area (Å²) in [6.45, 7) is 0.0681. The van der Waals surface area contributed by atoms with Crippen LogP contribution in [0.1, 0.15) is 5.56 Å². The van der Waals surface area contributed by atoms with Crippen molar-refractivity contribution in [3.8, 4) is 0 Å². The fraction of sp³-hybridized carbons (Fsp3) is 0.222. The van der Waals surface area contributed by atoms with E-state index in [0.29, 0.717) is 12.0 Å². The fourth-order valence-electron chi connectivity index (χ4n) is 1.27.